The predicted octanol–water partition coefficient (Wildman–Crippen LogP) is 3.62. The van der Waals surface area contributed by atoms with Crippen LogP contribution in [0.2, 0.25) is 0 Å². The maximum atomic E-state index is 12.7. The summed E-state index contributed by atoms with van der Waals surface area (Å²) in [5.74, 6) is -0.579. The van der Waals surface area contributed by atoms with E-state index in [4.69, 9.17) is 0 Å². The van der Waals surface area contributed by atoms with E-state index in [1.165, 1.54) is 12.1 Å². The molecule has 0 atom stereocenters. The Morgan fingerprint density at radius 1 is 0.958 bits per heavy atom. The first-order valence-corrected chi connectivity index (χ1v) is 8.52. The highest BCUT2D eigenvalue weighted by atomic mass is 32.2. The third-order valence-electron chi connectivity index (χ3n) is 3.36. The van der Waals surface area contributed by atoms with Crippen molar-refractivity contribution in [3.05, 3.63) is 65.9 Å². The summed E-state index contributed by atoms with van der Waals surface area (Å²) in [7, 11) is -3.91. The molecule has 0 aliphatic heterocycles. The summed E-state index contributed by atoms with van der Waals surface area (Å²) < 4.78 is 63.0. The molecule has 0 N–H and O–H groups in total. The number of benzene rings is 2. The molecule has 24 heavy (non-hydrogen) atoms. The first-order chi connectivity index (χ1) is 11.3. The maximum absolute atomic E-state index is 12.7. The van der Waals surface area contributed by atoms with Crippen LogP contribution < -0.4 is 0 Å². The highest BCUT2D eigenvalue weighted by molar-refractivity contribution is 7.90. The lowest BCUT2D eigenvalue weighted by atomic mass is 10.1. The summed E-state index contributed by atoms with van der Waals surface area (Å²) in [6, 6.07) is 11.0. The number of fused-ring (bicyclic) bond motifs is 1. The van der Waals surface area contributed by atoms with Gasteiger partial charge in [-0.1, -0.05) is 30.3 Å². The summed E-state index contributed by atoms with van der Waals surface area (Å²) in [6.45, 7) is 0. The zero-order valence-electron chi connectivity index (χ0n) is 12.2. The fourth-order valence-corrected chi connectivity index (χ4v) is 3.44. The molecule has 0 amide bonds. The van der Waals surface area contributed by atoms with Crippen LogP contribution in [-0.4, -0.2) is 18.4 Å². The van der Waals surface area contributed by atoms with E-state index in [0.29, 0.717) is 11.0 Å². The van der Waals surface area contributed by atoms with Gasteiger partial charge in [0.2, 0.25) is 9.84 Å². The normalized spacial score (nSPS) is 12.5. The van der Waals surface area contributed by atoms with Gasteiger partial charge in [0.25, 0.3) is 0 Å². The molecule has 1 heterocycles. The molecular formula is C16H11F3N2O2S. The molecule has 0 radical (unpaired) electrons. The third kappa shape index (κ3) is 3.38. The van der Waals surface area contributed by atoms with Gasteiger partial charge >= 0.3 is 6.18 Å². The molecule has 2 aromatic carbocycles. The fraction of sp³-hybridized carbons (Fsp3) is 0.125. The molecule has 124 valence electrons. The van der Waals surface area contributed by atoms with E-state index in [0.717, 1.165) is 18.3 Å². The zero-order valence-corrected chi connectivity index (χ0v) is 13.0. The highest BCUT2D eigenvalue weighted by Gasteiger charge is 2.31. The van der Waals surface area contributed by atoms with Gasteiger partial charge in [0.05, 0.1) is 28.5 Å². The standard InChI is InChI=1S/C16H11F3N2O2S/c17-16(18,19)12-5-3-4-11(8-12)10-24(22,23)15-9-20-13-6-1-2-7-14(13)21-15/h1-9H,10H2. The molecule has 3 aromatic rings. The Bertz CT molecular complexity index is 1000. The first-order valence-electron chi connectivity index (χ1n) is 6.86. The Morgan fingerprint density at radius 3 is 2.38 bits per heavy atom. The van der Waals surface area contributed by atoms with Crippen molar-refractivity contribution in [2.75, 3.05) is 0 Å². The van der Waals surface area contributed by atoms with Crippen LogP contribution in [0.1, 0.15) is 11.1 Å². The molecule has 0 unspecified atom stereocenters. The lowest BCUT2D eigenvalue weighted by molar-refractivity contribution is -0.137. The van der Waals surface area contributed by atoms with Gasteiger partial charge < -0.3 is 0 Å². The molecule has 1 aromatic heterocycles. The summed E-state index contributed by atoms with van der Waals surface area (Å²) in [6.07, 6.45) is -3.41. The van der Waals surface area contributed by atoms with E-state index < -0.39 is 27.3 Å². The van der Waals surface area contributed by atoms with Crippen molar-refractivity contribution in [2.45, 2.75) is 17.0 Å². The van der Waals surface area contributed by atoms with Crippen LogP contribution in [0.15, 0.2) is 59.8 Å². The average Bonchev–Trinajstić information content (AvgIpc) is 2.53. The van der Waals surface area contributed by atoms with Crippen molar-refractivity contribution in [1.82, 2.24) is 9.97 Å². The topological polar surface area (TPSA) is 59.9 Å². The quantitative estimate of drug-likeness (QED) is 0.722. The third-order valence-corrected chi connectivity index (χ3v) is 4.90. The monoisotopic (exact) mass is 352 g/mol. The first kappa shape index (κ1) is 16.4. The van der Waals surface area contributed by atoms with Crippen LogP contribution in [0.5, 0.6) is 0 Å². The SMILES string of the molecule is O=S(=O)(Cc1cccc(C(F)(F)F)c1)c1cnc2ccccc2n1. The van der Waals surface area contributed by atoms with Gasteiger partial charge in [0.1, 0.15) is 0 Å². The number of hydrogen-bond donors (Lipinski definition) is 0. The van der Waals surface area contributed by atoms with Crippen molar-refractivity contribution in [2.24, 2.45) is 0 Å². The summed E-state index contributed by atoms with van der Waals surface area (Å²) in [4.78, 5) is 8.07. The molecule has 0 saturated heterocycles. The van der Waals surface area contributed by atoms with Gasteiger partial charge in [-0.2, -0.15) is 13.2 Å². The zero-order chi connectivity index (χ0) is 17.4. The number of para-hydroxylation sites is 2. The minimum Gasteiger partial charge on any atom is -0.252 e. The molecule has 0 aliphatic carbocycles. The smallest absolute Gasteiger partial charge is 0.252 e. The van der Waals surface area contributed by atoms with Gasteiger partial charge in [-0.15, -0.1) is 0 Å². The highest BCUT2D eigenvalue weighted by Crippen LogP contribution is 2.30. The Kier molecular flexibility index (Phi) is 4.00. The molecule has 3 rings (SSSR count). The molecule has 0 saturated carbocycles. The minimum absolute atomic E-state index is 0.0415. The Balaban J connectivity index is 1.96. The molecule has 0 bridgehead atoms. The second-order valence-corrected chi connectivity index (χ2v) is 7.09. The van der Waals surface area contributed by atoms with Crippen molar-refractivity contribution in [3.63, 3.8) is 0 Å². The van der Waals surface area contributed by atoms with E-state index in [2.05, 4.69) is 9.97 Å². The Morgan fingerprint density at radius 2 is 1.67 bits per heavy atom. The maximum Gasteiger partial charge on any atom is 0.416 e. The summed E-state index contributed by atoms with van der Waals surface area (Å²) >= 11 is 0. The van der Waals surface area contributed by atoms with E-state index >= 15 is 0 Å². The number of halogens is 3. The number of aromatic nitrogens is 2. The minimum atomic E-state index is -4.53. The van der Waals surface area contributed by atoms with Gasteiger partial charge in [0, 0.05) is 0 Å². The average molecular weight is 352 g/mol. The van der Waals surface area contributed by atoms with Crippen molar-refractivity contribution in [1.29, 1.82) is 0 Å². The van der Waals surface area contributed by atoms with Crippen LogP contribution in [0.4, 0.5) is 13.2 Å². The van der Waals surface area contributed by atoms with Gasteiger partial charge in [-0.3, -0.25) is 4.98 Å². The molecule has 0 fully saturated rings. The van der Waals surface area contributed by atoms with E-state index in [1.807, 2.05) is 0 Å². The molecule has 0 aliphatic rings. The van der Waals surface area contributed by atoms with Gasteiger partial charge in [-0.25, -0.2) is 13.4 Å². The van der Waals surface area contributed by atoms with Crippen molar-refractivity contribution >= 4 is 20.9 Å². The molecule has 0 spiro atoms. The Hall–Kier alpha value is -2.48. The molecule has 4 nitrogen and oxygen atoms in total. The second kappa shape index (κ2) is 5.86. The second-order valence-electron chi connectivity index (χ2n) is 5.15. The Labute approximate surface area is 135 Å². The number of alkyl halides is 3. The van der Waals surface area contributed by atoms with Gasteiger partial charge in [0.15, 0.2) is 5.03 Å². The van der Waals surface area contributed by atoms with E-state index in [9.17, 15) is 21.6 Å². The largest absolute Gasteiger partial charge is 0.416 e. The van der Waals surface area contributed by atoms with Crippen LogP contribution >= 0.6 is 0 Å². The number of hydrogen-bond acceptors (Lipinski definition) is 4. The van der Waals surface area contributed by atoms with E-state index in [1.54, 1.807) is 24.3 Å². The number of sulfone groups is 1. The molecular weight excluding hydrogens is 341 g/mol. The van der Waals surface area contributed by atoms with Crippen LogP contribution in [0.25, 0.3) is 11.0 Å². The van der Waals surface area contributed by atoms with Crippen molar-refractivity contribution < 1.29 is 21.6 Å². The summed E-state index contributed by atoms with van der Waals surface area (Å²) in [5.41, 5.74) is 0.0951. The van der Waals surface area contributed by atoms with E-state index in [-0.39, 0.29) is 10.6 Å². The predicted molar refractivity (Wildman–Crippen MR) is 81.9 cm³/mol. The lowest BCUT2D eigenvalue weighted by Gasteiger charge is -2.09. The van der Waals surface area contributed by atoms with Gasteiger partial charge in [-0.05, 0) is 23.8 Å². The fourth-order valence-electron chi connectivity index (χ4n) is 2.22. The lowest BCUT2D eigenvalue weighted by Crippen LogP contribution is -2.10. The van der Waals surface area contributed by atoms with Crippen LogP contribution in [-0.2, 0) is 21.8 Å². The van der Waals surface area contributed by atoms with Crippen molar-refractivity contribution in [3.8, 4) is 0 Å². The summed E-state index contributed by atoms with van der Waals surface area (Å²) in [5, 5.41) is -0.265. The van der Waals surface area contributed by atoms with Crippen LogP contribution in [0.3, 0.4) is 0 Å². The molecule has 8 heteroatoms. The number of nitrogens with zero attached hydrogens (tertiary/aromatic N) is 2. The van der Waals surface area contributed by atoms with Crippen LogP contribution in [0, 0.1) is 0 Å². The number of rotatable bonds is 3.